The Morgan fingerprint density at radius 1 is 1.21 bits per heavy atom. The van der Waals surface area contributed by atoms with Crippen molar-refractivity contribution in [3.8, 4) is 0 Å². The summed E-state index contributed by atoms with van der Waals surface area (Å²) in [5.41, 5.74) is 3.87. The number of nitrogens with two attached hydrogens (primary N) is 1. The normalized spacial score (nSPS) is 12.3. The Labute approximate surface area is 122 Å². The van der Waals surface area contributed by atoms with Gasteiger partial charge in [-0.15, -0.1) is 11.8 Å². The highest BCUT2D eigenvalue weighted by Crippen LogP contribution is 2.27. The van der Waals surface area contributed by atoms with E-state index in [4.69, 9.17) is 17.4 Å². The Balaban J connectivity index is 1.91. The van der Waals surface area contributed by atoms with E-state index in [2.05, 4.69) is 10.4 Å². The zero-order valence-electron chi connectivity index (χ0n) is 10.4. The third-order valence-corrected chi connectivity index (χ3v) is 4.37. The highest BCUT2D eigenvalue weighted by molar-refractivity contribution is 7.99. The van der Waals surface area contributed by atoms with Gasteiger partial charge in [0.15, 0.2) is 0 Å². The lowest BCUT2D eigenvalue weighted by molar-refractivity contribution is 0.569. The Morgan fingerprint density at radius 2 is 2.00 bits per heavy atom. The largest absolute Gasteiger partial charge is 0.271 e. The van der Waals surface area contributed by atoms with Gasteiger partial charge in [-0.25, -0.2) is 0 Å². The lowest BCUT2D eigenvalue weighted by Crippen LogP contribution is -2.38. The average molecular weight is 294 g/mol. The van der Waals surface area contributed by atoms with Gasteiger partial charge in [0.25, 0.3) is 0 Å². The Hall–Kier alpha value is -1.07. The summed E-state index contributed by atoms with van der Waals surface area (Å²) in [6.07, 6.45) is 2.60. The fraction of sp³-hybridized carbons (Fsp3) is 0.214. The summed E-state index contributed by atoms with van der Waals surface area (Å²) in [5.74, 6) is 6.44. The van der Waals surface area contributed by atoms with E-state index in [1.807, 2.05) is 42.5 Å². The summed E-state index contributed by atoms with van der Waals surface area (Å²) in [6.45, 7) is 0. The third-order valence-electron chi connectivity index (χ3n) is 2.69. The first-order valence-corrected chi connectivity index (χ1v) is 7.39. The molecule has 3 N–H and O–H groups in total. The second-order valence-corrected chi connectivity index (χ2v) is 5.60. The molecule has 2 rings (SSSR count). The van der Waals surface area contributed by atoms with Crippen LogP contribution in [0.15, 0.2) is 53.6 Å². The van der Waals surface area contributed by atoms with E-state index in [9.17, 15) is 0 Å². The molecule has 3 nitrogen and oxygen atoms in total. The highest BCUT2D eigenvalue weighted by Gasteiger charge is 2.10. The number of halogens is 1. The van der Waals surface area contributed by atoms with E-state index in [0.29, 0.717) is 0 Å². The summed E-state index contributed by atoms with van der Waals surface area (Å²) in [4.78, 5) is 5.38. The van der Waals surface area contributed by atoms with Crippen molar-refractivity contribution in [3.63, 3.8) is 0 Å². The van der Waals surface area contributed by atoms with Gasteiger partial charge in [0.05, 0.1) is 5.02 Å². The molecule has 0 spiro atoms. The zero-order valence-corrected chi connectivity index (χ0v) is 12.0. The number of nitrogens with one attached hydrogen (secondary N) is 1. The molecular formula is C14H16ClN3S. The van der Waals surface area contributed by atoms with Crippen LogP contribution < -0.4 is 11.3 Å². The molecule has 100 valence electrons. The van der Waals surface area contributed by atoms with Crippen LogP contribution in [0.25, 0.3) is 0 Å². The molecular weight excluding hydrogens is 278 g/mol. The molecule has 19 heavy (non-hydrogen) atoms. The number of pyridine rings is 1. The van der Waals surface area contributed by atoms with Gasteiger partial charge in [-0.3, -0.25) is 16.3 Å². The molecule has 0 aliphatic carbocycles. The molecule has 0 aliphatic rings. The van der Waals surface area contributed by atoms with Crippen LogP contribution in [0, 0.1) is 0 Å². The lowest BCUT2D eigenvalue weighted by atomic mass is 10.2. The van der Waals surface area contributed by atoms with Crippen LogP contribution >= 0.6 is 23.4 Å². The van der Waals surface area contributed by atoms with E-state index in [0.717, 1.165) is 27.8 Å². The van der Waals surface area contributed by atoms with Crippen molar-refractivity contribution >= 4 is 23.4 Å². The molecule has 1 aromatic carbocycles. The number of aromatic nitrogens is 1. The third kappa shape index (κ3) is 4.51. The van der Waals surface area contributed by atoms with Crippen LogP contribution in [-0.4, -0.2) is 16.8 Å². The van der Waals surface area contributed by atoms with E-state index < -0.39 is 0 Å². The average Bonchev–Trinajstić information content (AvgIpc) is 2.46. The van der Waals surface area contributed by atoms with Gasteiger partial charge in [-0.2, -0.15) is 0 Å². The van der Waals surface area contributed by atoms with Crippen molar-refractivity contribution in [3.05, 3.63) is 59.4 Å². The van der Waals surface area contributed by atoms with Gasteiger partial charge in [0, 0.05) is 35.0 Å². The van der Waals surface area contributed by atoms with Crippen molar-refractivity contribution in [2.75, 3.05) is 5.75 Å². The molecule has 0 amide bonds. The first-order valence-electron chi connectivity index (χ1n) is 6.03. The molecule has 2 aromatic rings. The molecule has 5 heteroatoms. The number of thioether (sulfide) groups is 1. The minimum absolute atomic E-state index is 0.163. The van der Waals surface area contributed by atoms with Gasteiger partial charge in [-0.1, -0.05) is 29.8 Å². The van der Waals surface area contributed by atoms with E-state index >= 15 is 0 Å². The highest BCUT2D eigenvalue weighted by atomic mass is 35.5. The van der Waals surface area contributed by atoms with E-state index in [-0.39, 0.29) is 6.04 Å². The fourth-order valence-corrected chi connectivity index (χ4v) is 2.96. The van der Waals surface area contributed by atoms with E-state index in [1.165, 1.54) is 0 Å². The molecule has 0 fully saturated rings. The van der Waals surface area contributed by atoms with Crippen LogP contribution in [0.2, 0.25) is 5.02 Å². The summed E-state index contributed by atoms with van der Waals surface area (Å²) in [6, 6.07) is 13.9. The Morgan fingerprint density at radius 3 is 2.68 bits per heavy atom. The molecule has 1 heterocycles. The lowest BCUT2D eigenvalue weighted by Gasteiger charge is -2.15. The maximum atomic E-state index is 6.13. The molecule has 0 radical (unpaired) electrons. The van der Waals surface area contributed by atoms with Gasteiger partial charge in [0.2, 0.25) is 0 Å². The number of rotatable bonds is 6. The summed E-state index contributed by atoms with van der Waals surface area (Å²) in [7, 11) is 0. The van der Waals surface area contributed by atoms with Crippen molar-refractivity contribution in [1.82, 2.24) is 10.4 Å². The van der Waals surface area contributed by atoms with Gasteiger partial charge >= 0.3 is 0 Å². The van der Waals surface area contributed by atoms with Crippen LogP contribution in [0.5, 0.6) is 0 Å². The quantitative estimate of drug-likeness (QED) is 0.488. The topological polar surface area (TPSA) is 50.9 Å². The van der Waals surface area contributed by atoms with Crippen LogP contribution in [0.1, 0.15) is 5.69 Å². The number of benzene rings is 1. The predicted octanol–water partition coefficient (Wildman–Crippen LogP) is 2.90. The molecule has 1 aromatic heterocycles. The van der Waals surface area contributed by atoms with Crippen molar-refractivity contribution < 1.29 is 0 Å². The number of hydrogen-bond donors (Lipinski definition) is 2. The zero-order chi connectivity index (χ0) is 13.5. The predicted molar refractivity (Wildman–Crippen MR) is 81.2 cm³/mol. The standard InChI is InChI=1S/C14H16ClN3S/c15-13-6-1-2-7-14(13)19-10-12(18-16)9-11-5-3-4-8-17-11/h1-8,12,18H,9-10,16H2. The van der Waals surface area contributed by atoms with Gasteiger partial charge < -0.3 is 0 Å². The Bertz CT molecular complexity index is 507. The maximum absolute atomic E-state index is 6.13. The maximum Gasteiger partial charge on any atom is 0.0541 e. The first kappa shape index (κ1) is 14.3. The number of hydrazine groups is 1. The first-order chi connectivity index (χ1) is 9.29. The number of hydrogen-bond acceptors (Lipinski definition) is 4. The molecule has 0 aliphatic heterocycles. The minimum Gasteiger partial charge on any atom is -0.271 e. The van der Waals surface area contributed by atoms with Gasteiger partial charge in [-0.05, 0) is 24.3 Å². The molecule has 0 bridgehead atoms. The van der Waals surface area contributed by atoms with Crippen molar-refractivity contribution in [2.24, 2.45) is 5.84 Å². The monoisotopic (exact) mass is 293 g/mol. The van der Waals surface area contributed by atoms with Crippen molar-refractivity contribution in [1.29, 1.82) is 0 Å². The van der Waals surface area contributed by atoms with Crippen LogP contribution in [-0.2, 0) is 6.42 Å². The van der Waals surface area contributed by atoms with E-state index in [1.54, 1.807) is 18.0 Å². The van der Waals surface area contributed by atoms with Crippen LogP contribution in [0.3, 0.4) is 0 Å². The molecule has 1 unspecified atom stereocenters. The summed E-state index contributed by atoms with van der Waals surface area (Å²) < 4.78 is 0. The minimum atomic E-state index is 0.163. The summed E-state index contributed by atoms with van der Waals surface area (Å²) in [5, 5.41) is 0.779. The molecule has 0 saturated carbocycles. The number of nitrogens with zero attached hydrogens (tertiary/aromatic N) is 1. The Kier molecular flexibility index (Phi) is 5.66. The van der Waals surface area contributed by atoms with Crippen LogP contribution in [0.4, 0.5) is 0 Å². The van der Waals surface area contributed by atoms with Crippen molar-refractivity contribution in [2.45, 2.75) is 17.4 Å². The molecule has 1 atom stereocenters. The fourth-order valence-electron chi connectivity index (χ4n) is 1.69. The second-order valence-electron chi connectivity index (χ2n) is 4.13. The smallest absolute Gasteiger partial charge is 0.0541 e. The second kappa shape index (κ2) is 7.50. The SMILES string of the molecule is NNC(CSc1ccccc1Cl)Cc1ccccn1. The summed E-state index contributed by atoms with van der Waals surface area (Å²) >= 11 is 7.82. The molecule has 0 saturated heterocycles. The van der Waals surface area contributed by atoms with Gasteiger partial charge in [0.1, 0.15) is 0 Å².